The quantitative estimate of drug-likeness (QED) is 0.173. The van der Waals surface area contributed by atoms with Gasteiger partial charge in [0.2, 0.25) is 0 Å². The number of hydrogen-bond donors (Lipinski definition) is 0. The molecule has 0 saturated heterocycles. The van der Waals surface area contributed by atoms with Crippen LogP contribution in [0.1, 0.15) is 27.7 Å². The van der Waals surface area contributed by atoms with Gasteiger partial charge in [-0.3, -0.25) is 0 Å². The Bertz CT molecular complexity index is 459. The molecule has 0 atom stereocenters. The maximum atomic E-state index is 2.89. The Kier molecular flexibility index (Phi) is 55.4. The Morgan fingerprint density at radius 3 is 0.485 bits per heavy atom. The number of benzene rings is 4. The average molecular weight is 508 g/mol. The van der Waals surface area contributed by atoms with Crippen LogP contribution >= 0.6 is 0 Å². The second kappa shape index (κ2) is 44.0. The van der Waals surface area contributed by atoms with Crippen LogP contribution in [0.3, 0.4) is 0 Å². The van der Waals surface area contributed by atoms with Crippen LogP contribution in [0.25, 0.3) is 0 Å². The van der Waals surface area contributed by atoms with E-state index in [1.165, 1.54) is 0 Å². The Hall–Kier alpha value is -1.73. The predicted molar refractivity (Wildman–Crippen MR) is 136 cm³/mol. The van der Waals surface area contributed by atoms with E-state index in [1.807, 2.05) is 162 Å². The van der Waals surface area contributed by atoms with Crippen LogP contribution in [0.15, 0.2) is 121 Å². The Morgan fingerprint density at radius 1 is 0.333 bits per heavy atom. The Labute approximate surface area is 233 Å². The van der Waals surface area contributed by atoms with Crippen molar-refractivity contribution in [2.75, 3.05) is 0 Å². The molecule has 2 radical (unpaired) electrons. The topological polar surface area (TPSA) is 31.5 Å². The van der Waals surface area contributed by atoms with Gasteiger partial charge in [-0.2, -0.15) is 173 Å². The summed E-state index contributed by atoms with van der Waals surface area (Å²) in [5, 5.41) is 0. The molecule has 0 aromatic heterocycles. The summed E-state index contributed by atoms with van der Waals surface area (Å²) in [7, 11) is 0. The first kappa shape index (κ1) is 41.5. The van der Waals surface area contributed by atoms with Crippen LogP contribution in [0.2, 0.25) is 0 Å². The molecule has 0 unspecified atom stereocenters. The molecule has 4 rings (SSSR count). The van der Waals surface area contributed by atoms with Crippen molar-refractivity contribution in [3.05, 3.63) is 158 Å². The third-order valence-electron chi connectivity index (χ3n) is 2.43. The standard InChI is InChI=1S/4C6H5.2C3H7.H2O.2Ti/c4*1-2-4-6-5-3-1;2*1-3-2;;;/h4*1-5H;2*3H,1-2H3;1H2;;/q6*-1;;2*+3. The molecule has 4 aromatic rings. The van der Waals surface area contributed by atoms with Gasteiger partial charge in [-0.25, -0.2) is 0 Å². The van der Waals surface area contributed by atoms with Crippen LogP contribution in [-0.4, -0.2) is 5.48 Å². The van der Waals surface area contributed by atoms with Gasteiger partial charge in [-0.15, -0.1) is 0 Å². The van der Waals surface area contributed by atoms with Crippen molar-refractivity contribution in [2.24, 2.45) is 0 Å². The maximum absolute atomic E-state index is 2.89. The summed E-state index contributed by atoms with van der Waals surface area (Å²) in [6, 6.07) is 50.0. The zero-order valence-electron chi connectivity index (χ0n) is 20.2. The van der Waals surface area contributed by atoms with E-state index in [0.717, 1.165) is 0 Å². The maximum Gasteiger partial charge on any atom is 3.00 e. The van der Waals surface area contributed by atoms with Gasteiger partial charge in [0, 0.05) is 0 Å². The van der Waals surface area contributed by atoms with E-state index in [1.54, 1.807) is 0 Å². The molecule has 0 spiro atoms. The molecule has 0 heterocycles. The molecule has 0 aliphatic rings. The van der Waals surface area contributed by atoms with Crippen molar-refractivity contribution in [2.45, 2.75) is 27.7 Å². The second-order valence-corrected chi connectivity index (χ2v) is 5.46. The molecule has 1 nitrogen and oxygen atoms in total. The molecule has 33 heavy (non-hydrogen) atoms. The van der Waals surface area contributed by atoms with Crippen LogP contribution in [0, 0.1) is 37.1 Å². The van der Waals surface area contributed by atoms with Crippen molar-refractivity contribution in [3.63, 3.8) is 0 Å². The number of rotatable bonds is 0. The van der Waals surface area contributed by atoms with Crippen LogP contribution in [-0.2, 0) is 43.4 Å². The van der Waals surface area contributed by atoms with Gasteiger partial charge < -0.3 is 18.3 Å². The van der Waals surface area contributed by atoms with Crippen molar-refractivity contribution in [1.82, 2.24) is 0 Å². The first-order valence-corrected chi connectivity index (χ1v) is 9.95. The van der Waals surface area contributed by atoms with E-state index < -0.39 is 0 Å². The Balaban J connectivity index is -0.0000000954. The van der Waals surface area contributed by atoms with Crippen LogP contribution < -0.4 is 0 Å². The van der Waals surface area contributed by atoms with Crippen LogP contribution in [0.4, 0.5) is 0 Å². The summed E-state index contributed by atoms with van der Waals surface area (Å²) in [4.78, 5) is 0. The summed E-state index contributed by atoms with van der Waals surface area (Å²) in [6.45, 7) is 8.00. The first-order chi connectivity index (χ1) is 14.8. The average Bonchev–Trinajstić information content (AvgIpc) is 2.86. The van der Waals surface area contributed by atoms with E-state index in [2.05, 4.69) is 24.3 Å². The molecule has 0 bridgehead atoms. The minimum atomic E-state index is 0. The van der Waals surface area contributed by atoms with Gasteiger partial charge in [0.25, 0.3) is 0 Å². The summed E-state index contributed by atoms with van der Waals surface area (Å²) < 4.78 is 0. The molecule has 0 saturated carbocycles. The number of hydrogen-bond acceptors (Lipinski definition) is 0. The van der Waals surface area contributed by atoms with Crippen molar-refractivity contribution >= 4 is 0 Å². The molecule has 2 N–H and O–H groups in total. The Morgan fingerprint density at radius 2 is 0.455 bits per heavy atom. The van der Waals surface area contributed by atoms with Crippen LogP contribution in [0.5, 0.6) is 0 Å². The summed E-state index contributed by atoms with van der Waals surface area (Å²) in [5.74, 6) is 0. The molecule has 0 aliphatic carbocycles. The molecular weight excluding hydrogens is 472 g/mol. The zero-order valence-corrected chi connectivity index (χ0v) is 23.3. The van der Waals surface area contributed by atoms with E-state index >= 15 is 0 Å². The first-order valence-electron chi connectivity index (χ1n) is 9.95. The predicted octanol–water partition coefficient (Wildman–Crippen LogP) is 7.58. The molecule has 170 valence electrons. The second-order valence-electron chi connectivity index (χ2n) is 5.46. The van der Waals surface area contributed by atoms with Gasteiger partial charge in [0.1, 0.15) is 0 Å². The van der Waals surface area contributed by atoms with Crippen molar-refractivity contribution < 1.29 is 48.9 Å². The monoisotopic (exact) mass is 508 g/mol. The molecule has 0 aliphatic heterocycles. The van der Waals surface area contributed by atoms with Gasteiger partial charge >= 0.3 is 43.4 Å². The summed E-state index contributed by atoms with van der Waals surface area (Å²) >= 11 is 0. The molecule has 4 aromatic carbocycles. The minimum Gasteiger partial charge on any atom is -0.412 e. The van der Waals surface area contributed by atoms with E-state index in [9.17, 15) is 0 Å². The largest absolute Gasteiger partial charge is 3.00 e. The third kappa shape index (κ3) is 48.8. The summed E-state index contributed by atoms with van der Waals surface area (Å²) in [5.41, 5.74) is 0. The molecule has 0 fully saturated rings. The fourth-order valence-corrected chi connectivity index (χ4v) is 1.37. The minimum absolute atomic E-state index is 0. The van der Waals surface area contributed by atoms with Gasteiger partial charge in [-0.1, -0.05) is 0 Å². The summed E-state index contributed by atoms with van der Waals surface area (Å²) in [6.07, 6.45) is 4.00. The van der Waals surface area contributed by atoms with Gasteiger partial charge in [-0.05, 0) is 0 Å². The molecule has 3 heteroatoms. The molecular formula is C30H36OTi2. The fourth-order valence-electron chi connectivity index (χ4n) is 1.37. The van der Waals surface area contributed by atoms with Gasteiger partial charge in [0.05, 0.1) is 0 Å². The van der Waals surface area contributed by atoms with Crippen molar-refractivity contribution in [1.29, 1.82) is 0 Å². The van der Waals surface area contributed by atoms with E-state index in [4.69, 9.17) is 0 Å². The smallest absolute Gasteiger partial charge is 0.412 e. The SMILES string of the molecule is C[CH-]C.C[CH-]C.O.[Ti+3].[Ti+3].[c-]1ccccc1.[c-]1ccccc1.[c-]1ccccc1.[c-]1ccccc1. The van der Waals surface area contributed by atoms with E-state index in [0.29, 0.717) is 0 Å². The fraction of sp³-hybridized carbons (Fsp3) is 0.133. The van der Waals surface area contributed by atoms with E-state index in [-0.39, 0.29) is 48.9 Å². The van der Waals surface area contributed by atoms with Gasteiger partial charge in [0.15, 0.2) is 0 Å². The normalized spacial score (nSPS) is 6.91. The van der Waals surface area contributed by atoms with Crippen molar-refractivity contribution in [3.8, 4) is 0 Å². The third-order valence-corrected chi connectivity index (χ3v) is 2.43. The molecule has 0 amide bonds. The zero-order chi connectivity index (χ0) is 22.4.